The molecule has 2 rings (SSSR count). The van der Waals surface area contributed by atoms with Crippen LogP contribution in [0.1, 0.15) is 29.8 Å². The lowest BCUT2D eigenvalue weighted by atomic mass is 9.93. The fraction of sp³-hybridized carbons (Fsp3) is 0.412. The summed E-state index contributed by atoms with van der Waals surface area (Å²) >= 11 is 0. The van der Waals surface area contributed by atoms with Gasteiger partial charge in [0.15, 0.2) is 0 Å². The topological polar surface area (TPSA) is 98.7 Å². The van der Waals surface area contributed by atoms with E-state index in [-0.39, 0.29) is 19.1 Å². The van der Waals surface area contributed by atoms with Gasteiger partial charge in [-0.3, -0.25) is 9.59 Å². The predicted molar refractivity (Wildman–Crippen MR) is 88.2 cm³/mol. The molecule has 1 aromatic carbocycles. The van der Waals surface area contributed by atoms with Gasteiger partial charge in [0.05, 0.1) is 6.33 Å². The van der Waals surface area contributed by atoms with Crippen LogP contribution < -0.4 is 16.2 Å². The Morgan fingerprint density at radius 3 is 2.75 bits per heavy atom. The molecule has 1 aliphatic rings. The molecule has 2 amide bonds. The minimum atomic E-state index is -1.05. The molecule has 0 radical (unpaired) electrons. The highest BCUT2D eigenvalue weighted by Crippen LogP contribution is 2.28. The van der Waals surface area contributed by atoms with E-state index in [1.165, 1.54) is 4.90 Å². The number of primary amides is 1. The molecule has 1 heterocycles. The van der Waals surface area contributed by atoms with Crippen LogP contribution in [-0.4, -0.2) is 41.9 Å². The Labute approximate surface area is 140 Å². The molecule has 4 N–H and O–H groups in total. The van der Waals surface area contributed by atoms with Crippen LogP contribution in [0.3, 0.4) is 0 Å². The van der Waals surface area contributed by atoms with Crippen LogP contribution in [-0.2, 0) is 11.2 Å². The van der Waals surface area contributed by atoms with Crippen molar-refractivity contribution in [3.8, 4) is 5.75 Å². The average molecular weight is 335 g/mol. The maximum absolute atomic E-state index is 12.6. The molecule has 0 saturated carbocycles. The van der Waals surface area contributed by atoms with E-state index in [2.05, 4.69) is 0 Å². The fourth-order valence-corrected chi connectivity index (χ4v) is 2.53. The van der Waals surface area contributed by atoms with Gasteiger partial charge in [-0.1, -0.05) is 0 Å². The number of fused-ring (bicyclic) bond motifs is 1. The van der Waals surface area contributed by atoms with Gasteiger partial charge in [0.2, 0.25) is 5.91 Å². The standard InChI is InChI=1S/C17H22FN3O3/c1-17(2,16(20)23)21-6-5-12-7-13(3-4-14(12)15(21)22)24-10-11(8-18)9-19/h3-4,7-8H,5-6,9-10,19H2,1-2H3,(H2,20,23)/b11-8+. The lowest BCUT2D eigenvalue weighted by molar-refractivity contribution is -0.127. The number of carbonyl (C=O) groups is 2. The van der Waals surface area contributed by atoms with Crippen LogP contribution in [0.4, 0.5) is 4.39 Å². The second-order valence-corrected chi connectivity index (χ2v) is 6.21. The first-order valence-electron chi connectivity index (χ1n) is 7.67. The molecule has 6 nitrogen and oxygen atoms in total. The Morgan fingerprint density at radius 2 is 2.17 bits per heavy atom. The zero-order valence-electron chi connectivity index (χ0n) is 13.8. The molecular weight excluding hydrogens is 313 g/mol. The summed E-state index contributed by atoms with van der Waals surface area (Å²) in [6.07, 6.45) is 1.02. The molecule has 0 bridgehead atoms. The Bertz CT molecular complexity index is 686. The van der Waals surface area contributed by atoms with E-state index in [9.17, 15) is 14.0 Å². The summed E-state index contributed by atoms with van der Waals surface area (Å²) in [5, 5.41) is 0. The van der Waals surface area contributed by atoms with Gasteiger partial charge >= 0.3 is 0 Å². The summed E-state index contributed by atoms with van der Waals surface area (Å²) in [7, 11) is 0. The zero-order valence-corrected chi connectivity index (χ0v) is 13.8. The zero-order chi connectivity index (χ0) is 17.9. The van der Waals surface area contributed by atoms with Crippen molar-refractivity contribution in [2.24, 2.45) is 11.5 Å². The number of nitrogens with two attached hydrogens (primary N) is 2. The number of carbonyl (C=O) groups excluding carboxylic acids is 2. The summed E-state index contributed by atoms with van der Waals surface area (Å²) in [6, 6.07) is 5.05. The molecule has 0 atom stereocenters. The molecule has 0 saturated heterocycles. The number of ether oxygens (including phenoxy) is 1. The van der Waals surface area contributed by atoms with Crippen molar-refractivity contribution in [1.29, 1.82) is 0 Å². The number of amides is 2. The molecule has 130 valence electrons. The highest BCUT2D eigenvalue weighted by Gasteiger charge is 2.39. The van der Waals surface area contributed by atoms with E-state index in [1.807, 2.05) is 0 Å². The fourth-order valence-electron chi connectivity index (χ4n) is 2.53. The molecule has 7 heteroatoms. The minimum Gasteiger partial charge on any atom is -0.489 e. The van der Waals surface area contributed by atoms with E-state index in [0.717, 1.165) is 5.56 Å². The highest BCUT2D eigenvalue weighted by atomic mass is 19.1. The third-order valence-electron chi connectivity index (χ3n) is 4.28. The second kappa shape index (κ2) is 7.00. The quantitative estimate of drug-likeness (QED) is 0.814. The van der Waals surface area contributed by atoms with E-state index in [0.29, 0.717) is 36.2 Å². The second-order valence-electron chi connectivity index (χ2n) is 6.21. The summed E-state index contributed by atoms with van der Waals surface area (Å²) in [5.74, 6) is -0.249. The third kappa shape index (κ3) is 3.41. The Morgan fingerprint density at radius 1 is 1.46 bits per heavy atom. The maximum atomic E-state index is 12.6. The van der Waals surface area contributed by atoms with Gasteiger partial charge in [-0.2, -0.15) is 0 Å². The van der Waals surface area contributed by atoms with E-state index >= 15 is 0 Å². The molecule has 0 aromatic heterocycles. The molecule has 0 fully saturated rings. The van der Waals surface area contributed by atoms with Gasteiger partial charge in [-0.15, -0.1) is 0 Å². The Kier molecular flexibility index (Phi) is 5.23. The summed E-state index contributed by atoms with van der Waals surface area (Å²) in [6.45, 7) is 3.79. The molecular formula is C17H22FN3O3. The van der Waals surface area contributed by atoms with Crippen LogP contribution >= 0.6 is 0 Å². The van der Waals surface area contributed by atoms with E-state index in [4.69, 9.17) is 16.2 Å². The monoisotopic (exact) mass is 335 g/mol. The maximum Gasteiger partial charge on any atom is 0.255 e. The first-order valence-corrected chi connectivity index (χ1v) is 7.67. The van der Waals surface area contributed by atoms with Crippen molar-refractivity contribution in [3.63, 3.8) is 0 Å². The summed E-state index contributed by atoms with van der Waals surface area (Å²) < 4.78 is 18.0. The molecule has 24 heavy (non-hydrogen) atoms. The summed E-state index contributed by atoms with van der Waals surface area (Å²) in [5.41, 5.74) is 11.4. The van der Waals surface area contributed by atoms with Gasteiger partial charge < -0.3 is 21.1 Å². The van der Waals surface area contributed by atoms with Crippen molar-refractivity contribution >= 4 is 11.8 Å². The third-order valence-corrected chi connectivity index (χ3v) is 4.28. The smallest absolute Gasteiger partial charge is 0.255 e. The Balaban J connectivity index is 2.19. The SMILES string of the molecule is CC(C)(C(N)=O)N1CCc2cc(OC/C(=C/F)CN)ccc2C1=O. The van der Waals surface area contributed by atoms with Crippen LogP contribution in [0.25, 0.3) is 0 Å². The van der Waals surface area contributed by atoms with Crippen molar-refractivity contribution in [3.05, 3.63) is 41.2 Å². The predicted octanol–water partition coefficient (Wildman–Crippen LogP) is 1.14. The van der Waals surface area contributed by atoms with Gasteiger partial charge in [-0.05, 0) is 44.0 Å². The number of nitrogens with zero attached hydrogens (tertiary/aromatic N) is 1. The van der Waals surface area contributed by atoms with Crippen molar-refractivity contribution in [2.75, 3.05) is 19.7 Å². The number of rotatable bonds is 6. The number of hydrogen-bond donors (Lipinski definition) is 2. The number of benzene rings is 1. The van der Waals surface area contributed by atoms with Crippen LogP contribution in [0, 0.1) is 0 Å². The van der Waals surface area contributed by atoms with Gasteiger partial charge in [-0.25, -0.2) is 4.39 Å². The number of halogens is 1. The highest BCUT2D eigenvalue weighted by molar-refractivity contribution is 6.00. The lowest BCUT2D eigenvalue weighted by Crippen LogP contribution is -2.57. The van der Waals surface area contributed by atoms with Gasteiger partial charge in [0.1, 0.15) is 17.9 Å². The molecule has 0 unspecified atom stereocenters. The van der Waals surface area contributed by atoms with Crippen LogP contribution in [0.15, 0.2) is 30.1 Å². The average Bonchev–Trinajstić information content (AvgIpc) is 2.55. The molecule has 1 aromatic rings. The Hall–Kier alpha value is -2.41. The van der Waals surface area contributed by atoms with E-state index < -0.39 is 11.4 Å². The van der Waals surface area contributed by atoms with Gasteiger partial charge in [0.25, 0.3) is 5.91 Å². The number of hydrogen-bond acceptors (Lipinski definition) is 4. The van der Waals surface area contributed by atoms with Crippen molar-refractivity contribution in [1.82, 2.24) is 4.90 Å². The largest absolute Gasteiger partial charge is 0.489 e. The lowest BCUT2D eigenvalue weighted by Gasteiger charge is -2.39. The van der Waals surface area contributed by atoms with Crippen LogP contribution in [0.2, 0.25) is 0 Å². The first kappa shape index (κ1) is 17.9. The minimum absolute atomic E-state index is 0.0561. The summed E-state index contributed by atoms with van der Waals surface area (Å²) in [4.78, 5) is 25.7. The van der Waals surface area contributed by atoms with Gasteiger partial charge in [0, 0.05) is 24.2 Å². The first-order chi connectivity index (χ1) is 11.3. The van der Waals surface area contributed by atoms with Crippen molar-refractivity contribution in [2.45, 2.75) is 25.8 Å². The molecule has 0 spiro atoms. The normalized spacial score (nSPS) is 15.2. The van der Waals surface area contributed by atoms with E-state index in [1.54, 1.807) is 32.0 Å². The molecule has 1 aliphatic heterocycles. The molecule has 0 aliphatic carbocycles. The van der Waals surface area contributed by atoms with Crippen LogP contribution in [0.5, 0.6) is 5.75 Å². The van der Waals surface area contributed by atoms with Crippen molar-refractivity contribution < 1.29 is 18.7 Å².